The van der Waals surface area contributed by atoms with Gasteiger partial charge in [-0.25, -0.2) is 0 Å². The molecule has 0 nitrogen and oxygen atoms in total. The molecule has 0 spiro atoms. The molecule has 1 atom stereocenters. The fourth-order valence-electron chi connectivity index (χ4n) is 0.341. The van der Waals surface area contributed by atoms with Crippen LogP contribution in [0.3, 0.4) is 0 Å². The van der Waals surface area contributed by atoms with Crippen molar-refractivity contribution >= 4 is 27.7 Å². The van der Waals surface area contributed by atoms with E-state index in [-0.39, 0.29) is 0 Å². The summed E-state index contributed by atoms with van der Waals surface area (Å²) in [6.45, 7) is 3.75. The molecular weight excluding hydrogens is 134 g/mol. The Bertz CT molecular complexity index is 116. The maximum Gasteiger partial charge on any atom is 0.00833 e. The Kier molecular flexibility index (Phi) is 3.69. The number of rotatable bonds is 3. The van der Waals surface area contributed by atoms with Gasteiger partial charge in [0.1, 0.15) is 0 Å². The van der Waals surface area contributed by atoms with Crippen LogP contribution in [0, 0.1) is 0 Å². The quantitative estimate of drug-likeness (QED) is 0.539. The van der Waals surface area contributed by atoms with Gasteiger partial charge in [0, 0.05) is 5.90 Å². The summed E-state index contributed by atoms with van der Waals surface area (Å²) in [6, 6.07) is 0. The molecule has 48 valence electrons. The van der Waals surface area contributed by atoms with Gasteiger partial charge in [0.05, 0.1) is 0 Å². The molecule has 0 aliphatic heterocycles. The largest absolute Gasteiger partial charge is 0.108 e. The molecular formula is C6H14P2. The van der Waals surface area contributed by atoms with Crippen LogP contribution in [0.15, 0.2) is 0 Å². The van der Waals surface area contributed by atoms with Crippen molar-refractivity contribution < 1.29 is 0 Å². The van der Waals surface area contributed by atoms with E-state index in [1.165, 1.54) is 20.3 Å². The van der Waals surface area contributed by atoms with Crippen LogP contribution in [-0.2, 0) is 0 Å². The molecule has 0 saturated carbocycles. The van der Waals surface area contributed by atoms with E-state index in [2.05, 4.69) is 26.2 Å². The van der Waals surface area contributed by atoms with Crippen molar-refractivity contribution in [1.29, 1.82) is 0 Å². The standard InChI is InChI=1S/C6H14P2/c1-5-8(3,4)6-7-2/h2-3,5-6H2,1,4H3. The molecule has 0 saturated heterocycles. The Hall–Kier alpha value is 0.470. The highest BCUT2D eigenvalue weighted by Gasteiger charge is 1.98. The summed E-state index contributed by atoms with van der Waals surface area (Å²) in [6.07, 6.45) is 9.18. The minimum absolute atomic E-state index is 0.748. The summed E-state index contributed by atoms with van der Waals surface area (Å²) in [7, 11) is 1.26. The Morgan fingerprint density at radius 2 is 2.12 bits per heavy atom. The summed E-state index contributed by atoms with van der Waals surface area (Å²) in [5.74, 6) is 1.23. The zero-order valence-electron chi connectivity index (χ0n) is 5.72. The lowest BCUT2D eigenvalue weighted by atomic mass is 11.0. The first-order chi connectivity index (χ1) is 3.62. The zero-order chi connectivity index (χ0) is 6.62. The van der Waals surface area contributed by atoms with Gasteiger partial charge in [-0.3, -0.25) is 0 Å². The van der Waals surface area contributed by atoms with Crippen LogP contribution in [0.1, 0.15) is 6.92 Å². The third-order valence-electron chi connectivity index (χ3n) is 1.20. The first-order valence-electron chi connectivity index (χ1n) is 2.74. The lowest BCUT2D eigenvalue weighted by Crippen LogP contribution is -1.82. The van der Waals surface area contributed by atoms with E-state index in [9.17, 15) is 0 Å². The Labute approximate surface area is 54.1 Å². The van der Waals surface area contributed by atoms with Crippen molar-refractivity contribution in [3.8, 4) is 0 Å². The van der Waals surface area contributed by atoms with Gasteiger partial charge >= 0.3 is 0 Å². The summed E-state index contributed by atoms with van der Waals surface area (Å²) in [4.78, 5) is 0. The highest BCUT2D eigenvalue weighted by molar-refractivity contribution is 7.79. The van der Waals surface area contributed by atoms with Crippen LogP contribution in [-0.4, -0.2) is 31.3 Å². The van der Waals surface area contributed by atoms with Gasteiger partial charge in [-0.05, 0) is 12.8 Å². The normalized spacial score (nSPS) is 18.2. The smallest absolute Gasteiger partial charge is 0.00833 e. The summed E-state index contributed by atoms with van der Waals surface area (Å²) < 4.78 is 0. The van der Waals surface area contributed by atoms with E-state index in [4.69, 9.17) is 0 Å². The minimum Gasteiger partial charge on any atom is -0.108 e. The van der Waals surface area contributed by atoms with E-state index in [0.29, 0.717) is 0 Å². The maximum atomic E-state index is 4.14. The van der Waals surface area contributed by atoms with Gasteiger partial charge < -0.3 is 0 Å². The Morgan fingerprint density at radius 3 is 2.25 bits per heavy atom. The van der Waals surface area contributed by atoms with Crippen molar-refractivity contribution in [3.63, 3.8) is 0 Å². The van der Waals surface area contributed by atoms with Crippen molar-refractivity contribution in [2.24, 2.45) is 0 Å². The van der Waals surface area contributed by atoms with Crippen LogP contribution in [0.4, 0.5) is 0 Å². The highest BCUT2D eigenvalue weighted by atomic mass is 31.2. The summed E-state index contributed by atoms with van der Waals surface area (Å²) >= 11 is 0. The second-order valence-electron chi connectivity index (χ2n) is 2.30. The molecule has 0 radical (unpaired) electrons. The molecule has 0 aromatic carbocycles. The molecule has 0 amide bonds. The van der Waals surface area contributed by atoms with Crippen LogP contribution in [0.5, 0.6) is 0 Å². The minimum atomic E-state index is -0.748. The molecule has 0 heterocycles. The van der Waals surface area contributed by atoms with E-state index in [1.54, 1.807) is 0 Å². The molecule has 0 rings (SSSR count). The van der Waals surface area contributed by atoms with Crippen molar-refractivity contribution in [3.05, 3.63) is 0 Å². The van der Waals surface area contributed by atoms with E-state index in [1.807, 2.05) is 0 Å². The van der Waals surface area contributed by atoms with Gasteiger partial charge in [-0.2, -0.15) is 0 Å². The van der Waals surface area contributed by atoms with Gasteiger partial charge in [-0.1, -0.05) is 13.2 Å². The number of hydrogen-bond donors (Lipinski definition) is 0. The molecule has 0 fully saturated rings. The van der Waals surface area contributed by atoms with Crippen LogP contribution in [0.25, 0.3) is 0 Å². The fraction of sp³-hybridized carbons (Fsp3) is 0.667. The van der Waals surface area contributed by atoms with Gasteiger partial charge in [0.15, 0.2) is 0 Å². The topological polar surface area (TPSA) is 0 Å². The molecule has 1 unspecified atom stereocenters. The van der Waals surface area contributed by atoms with Crippen molar-refractivity contribution in [2.75, 3.05) is 18.7 Å². The monoisotopic (exact) mass is 148 g/mol. The molecule has 0 aliphatic rings. The summed E-state index contributed by atoms with van der Waals surface area (Å²) in [5, 5.41) is 0. The first-order valence-corrected chi connectivity index (χ1v) is 6.79. The highest BCUT2D eigenvalue weighted by Crippen LogP contribution is 2.42. The van der Waals surface area contributed by atoms with Crippen molar-refractivity contribution in [1.82, 2.24) is 0 Å². The second kappa shape index (κ2) is 3.49. The first kappa shape index (κ1) is 8.47. The molecule has 0 aromatic heterocycles. The van der Waals surface area contributed by atoms with Gasteiger partial charge in [-0.15, -0.1) is 21.4 Å². The molecule has 0 aromatic rings. The Morgan fingerprint density at radius 1 is 1.62 bits per heavy atom. The lowest BCUT2D eigenvalue weighted by Gasteiger charge is -2.11. The lowest BCUT2D eigenvalue weighted by molar-refractivity contribution is 1.49. The average Bonchev–Trinajstić information content (AvgIpc) is 1.67. The van der Waals surface area contributed by atoms with E-state index < -0.39 is 6.89 Å². The second-order valence-corrected chi connectivity index (χ2v) is 7.75. The fourth-order valence-corrected chi connectivity index (χ4v) is 3.07. The van der Waals surface area contributed by atoms with Crippen LogP contribution in [0.2, 0.25) is 0 Å². The zero-order valence-corrected chi connectivity index (χ0v) is 7.51. The van der Waals surface area contributed by atoms with E-state index >= 15 is 0 Å². The number of hydrogen-bond acceptors (Lipinski definition) is 0. The maximum absolute atomic E-state index is 4.14. The van der Waals surface area contributed by atoms with Crippen LogP contribution >= 0.6 is 15.1 Å². The summed E-state index contributed by atoms with van der Waals surface area (Å²) in [5.41, 5.74) is 0. The average molecular weight is 148 g/mol. The third-order valence-corrected chi connectivity index (χ3v) is 6.26. The third kappa shape index (κ3) is 3.47. The molecule has 0 aliphatic carbocycles. The predicted molar refractivity (Wildman–Crippen MR) is 49.4 cm³/mol. The molecule has 0 bridgehead atoms. The molecule has 8 heavy (non-hydrogen) atoms. The molecule has 2 heteroatoms. The van der Waals surface area contributed by atoms with Crippen LogP contribution < -0.4 is 0 Å². The van der Waals surface area contributed by atoms with Gasteiger partial charge in [0.25, 0.3) is 0 Å². The van der Waals surface area contributed by atoms with E-state index in [0.717, 1.165) is 0 Å². The predicted octanol–water partition coefficient (Wildman–Crippen LogP) is 2.42. The van der Waals surface area contributed by atoms with Gasteiger partial charge in [0.2, 0.25) is 0 Å². The van der Waals surface area contributed by atoms with Crippen molar-refractivity contribution in [2.45, 2.75) is 6.92 Å². The molecule has 0 N–H and O–H groups in total. The Balaban J connectivity index is 3.72. The SMILES string of the molecule is C=PCP(=C)(C)CC.